The van der Waals surface area contributed by atoms with E-state index in [9.17, 15) is 10.1 Å². The molecule has 0 amide bonds. The quantitative estimate of drug-likeness (QED) is 0.677. The monoisotopic (exact) mass is 270 g/mol. The van der Waals surface area contributed by atoms with Crippen molar-refractivity contribution in [3.63, 3.8) is 0 Å². The molecule has 0 spiro atoms. The van der Waals surface area contributed by atoms with Gasteiger partial charge in [-0.2, -0.15) is 0 Å². The Hall–Kier alpha value is -1.10. The van der Waals surface area contributed by atoms with Crippen LogP contribution in [0.1, 0.15) is 19.3 Å². The first-order chi connectivity index (χ1) is 7.16. The Morgan fingerprint density at radius 1 is 1.47 bits per heavy atom. The fourth-order valence-electron chi connectivity index (χ4n) is 1.51. The molecule has 1 aromatic carbocycles. The predicted molar refractivity (Wildman–Crippen MR) is 62.1 cm³/mol. The van der Waals surface area contributed by atoms with Crippen molar-refractivity contribution in [1.29, 1.82) is 0 Å². The second-order valence-electron chi connectivity index (χ2n) is 3.69. The maximum Gasteiger partial charge on any atom is 0.271 e. The minimum absolute atomic E-state index is 0.125. The maximum atomic E-state index is 10.6. The summed E-state index contributed by atoms with van der Waals surface area (Å²) in [5.41, 5.74) is 0.939. The van der Waals surface area contributed by atoms with Crippen molar-refractivity contribution in [2.45, 2.75) is 25.3 Å². The van der Waals surface area contributed by atoms with Crippen molar-refractivity contribution >= 4 is 27.3 Å². The summed E-state index contributed by atoms with van der Waals surface area (Å²) in [5, 5.41) is 13.9. The highest BCUT2D eigenvalue weighted by Gasteiger charge is 2.19. The standard InChI is InChI=1S/C10H11BrN2O2/c11-9-5-4-8(13(14)15)6-10(9)12-7-2-1-3-7/h4-7,12H,1-3H2. The molecule has 4 nitrogen and oxygen atoms in total. The molecule has 1 N–H and O–H groups in total. The van der Waals surface area contributed by atoms with Crippen LogP contribution >= 0.6 is 15.9 Å². The van der Waals surface area contributed by atoms with Crippen LogP contribution in [-0.2, 0) is 0 Å². The molecule has 0 unspecified atom stereocenters. The fraction of sp³-hybridized carbons (Fsp3) is 0.400. The van der Waals surface area contributed by atoms with E-state index in [0.717, 1.165) is 23.0 Å². The van der Waals surface area contributed by atoms with Crippen molar-refractivity contribution in [2.24, 2.45) is 0 Å². The normalized spacial score (nSPS) is 15.8. The van der Waals surface area contributed by atoms with Gasteiger partial charge in [-0.15, -0.1) is 0 Å². The molecule has 80 valence electrons. The van der Waals surface area contributed by atoms with E-state index >= 15 is 0 Å². The minimum Gasteiger partial charge on any atom is -0.381 e. The smallest absolute Gasteiger partial charge is 0.271 e. The summed E-state index contributed by atoms with van der Waals surface area (Å²) in [6, 6.07) is 5.25. The van der Waals surface area contributed by atoms with Gasteiger partial charge in [-0.25, -0.2) is 0 Å². The topological polar surface area (TPSA) is 55.2 Å². The first kappa shape index (κ1) is 10.4. The number of hydrogen-bond donors (Lipinski definition) is 1. The van der Waals surface area contributed by atoms with E-state index in [1.807, 2.05) is 0 Å². The van der Waals surface area contributed by atoms with Crippen molar-refractivity contribution in [1.82, 2.24) is 0 Å². The highest BCUT2D eigenvalue weighted by atomic mass is 79.9. The molecule has 1 fully saturated rings. The maximum absolute atomic E-state index is 10.6. The number of nitro groups is 1. The molecule has 0 saturated heterocycles. The van der Waals surface area contributed by atoms with Crippen LogP contribution in [0, 0.1) is 10.1 Å². The van der Waals surface area contributed by atoms with E-state index in [0.29, 0.717) is 6.04 Å². The fourth-order valence-corrected chi connectivity index (χ4v) is 1.87. The molecule has 0 aliphatic heterocycles. The van der Waals surface area contributed by atoms with Gasteiger partial charge in [0, 0.05) is 22.6 Å². The van der Waals surface area contributed by atoms with Gasteiger partial charge in [0.25, 0.3) is 5.69 Å². The van der Waals surface area contributed by atoms with Gasteiger partial charge in [0.2, 0.25) is 0 Å². The average Bonchev–Trinajstić information content (AvgIpc) is 2.13. The summed E-state index contributed by atoms with van der Waals surface area (Å²) in [4.78, 5) is 10.2. The number of rotatable bonds is 3. The molecular weight excluding hydrogens is 260 g/mol. The van der Waals surface area contributed by atoms with Crippen LogP contribution in [0.3, 0.4) is 0 Å². The molecule has 0 radical (unpaired) electrons. The Morgan fingerprint density at radius 2 is 2.20 bits per heavy atom. The lowest BCUT2D eigenvalue weighted by Crippen LogP contribution is -2.27. The van der Waals surface area contributed by atoms with E-state index in [2.05, 4.69) is 21.2 Å². The average molecular weight is 271 g/mol. The Labute approximate surface area is 96.0 Å². The number of non-ortho nitro benzene ring substituents is 1. The van der Waals surface area contributed by atoms with Gasteiger partial charge in [-0.3, -0.25) is 10.1 Å². The van der Waals surface area contributed by atoms with Crippen LogP contribution < -0.4 is 5.32 Å². The van der Waals surface area contributed by atoms with Crippen molar-refractivity contribution in [3.8, 4) is 0 Å². The Bertz CT molecular complexity index is 391. The summed E-state index contributed by atoms with van der Waals surface area (Å²) in [5.74, 6) is 0. The third-order valence-electron chi connectivity index (χ3n) is 2.63. The summed E-state index contributed by atoms with van der Waals surface area (Å²) >= 11 is 3.38. The van der Waals surface area contributed by atoms with Crippen LogP contribution in [0.15, 0.2) is 22.7 Å². The number of nitrogens with one attached hydrogen (secondary N) is 1. The Morgan fingerprint density at radius 3 is 2.73 bits per heavy atom. The Balaban J connectivity index is 2.19. The van der Waals surface area contributed by atoms with E-state index in [1.165, 1.54) is 12.5 Å². The SMILES string of the molecule is O=[N+]([O-])c1ccc(Br)c(NC2CCC2)c1. The molecule has 15 heavy (non-hydrogen) atoms. The Kier molecular flexibility index (Phi) is 2.90. The number of anilines is 1. The van der Waals surface area contributed by atoms with Crippen LogP contribution in [0.4, 0.5) is 11.4 Å². The zero-order valence-electron chi connectivity index (χ0n) is 8.07. The lowest BCUT2D eigenvalue weighted by atomic mass is 9.93. The second-order valence-corrected chi connectivity index (χ2v) is 4.55. The summed E-state index contributed by atoms with van der Waals surface area (Å²) in [6.45, 7) is 0. The van der Waals surface area contributed by atoms with Crippen LogP contribution in [0.25, 0.3) is 0 Å². The molecule has 5 heteroatoms. The molecule has 1 saturated carbocycles. The predicted octanol–water partition coefficient (Wildman–Crippen LogP) is 3.32. The van der Waals surface area contributed by atoms with E-state index in [-0.39, 0.29) is 10.6 Å². The lowest BCUT2D eigenvalue weighted by Gasteiger charge is -2.27. The van der Waals surface area contributed by atoms with E-state index < -0.39 is 0 Å². The van der Waals surface area contributed by atoms with Crippen LogP contribution in [0.5, 0.6) is 0 Å². The van der Waals surface area contributed by atoms with Crippen molar-refractivity contribution < 1.29 is 4.92 Å². The third-order valence-corrected chi connectivity index (χ3v) is 3.32. The number of nitro benzene ring substituents is 1. The van der Waals surface area contributed by atoms with Gasteiger partial charge in [0.05, 0.1) is 10.6 Å². The molecule has 0 heterocycles. The number of benzene rings is 1. The second kappa shape index (κ2) is 4.18. The zero-order valence-corrected chi connectivity index (χ0v) is 9.66. The highest BCUT2D eigenvalue weighted by molar-refractivity contribution is 9.10. The van der Waals surface area contributed by atoms with E-state index in [1.54, 1.807) is 12.1 Å². The summed E-state index contributed by atoms with van der Waals surface area (Å²) in [6.07, 6.45) is 3.54. The molecule has 2 rings (SSSR count). The van der Waals surface area contributed by atoms with Gasteiger partial charge >= 0.3 is 0 Å². The molecule has 1 aromatic rings. The largest absolute Gasteiger partial charge is 0.381 e. The molecule has 1 aliphatic rings. The minimum atomic E-state index is -0.377. The molecular formula is C10H11BrN2O2. The number of hydrogen-bond acceptors (Lipinski definition) is 3. The van der Waals surface area contributed by atoms with Crippen LogP contribution in [-0.4, -0.2) is 11.0 Å². The highest BCUT2D eigenvalue weighted by Crippen LogP contribution is 2.31. The van der Waals surface area contributed by atoms with E-state index in [4.69, 9.17) is 0 Å². The first-order valence-corrected chi connectivity index (χ1v) is 5.66. The zero-order chi connectivity index (χ0) is 10.8. The van der Waals surface area contributed by atoms with Gasteiger partial charge in [-0.05, 0) is 41.3 Å². The van der Waals surface area contributed by atoms with Crippen molar-refractivity contribution in [2.75, 3.05) is 5.32 Å². The van der Waals surface area contributed by atoms with Gasteiger partial charge in [0.15, 0.2) is 0 Å². The molecule has 0 aromatic heterocycles. The van der Waals surface area contributed by atoms with Crippen LogP contribution in [0.2, 0.25) is 0 Å². The molecule has 0 atom stereocenters. The van der Waals surface area contributed by atoms with Gasteiger partial charge in [0.1, 0.15) is 0 Å². The third kappa shape index (κ3) is 2.28. The van der Waals surface area contributed by atoms with Gasteiger partial charge in [-0.1, -0.05) is 0 Å². The first-order valence-electron chi connectivity index (χ1n) is 4.87. The summed E-state index contributed by atoms with van der Waals surface area (Å²) < 4.78 is 0.875. The molecule has 0 bridgehead atoms. The molecule has 1 aliphatic carbocycles. The number of halogens is 1. The lowest BCUT2D eigenvalue weighted by molar-refractivity contribution is -0.384. The van der Waals surface area contributed by atoms with Crippen molar-refractivity contribution in [3.05, 3.63) is 32.8 Å². The number of nitrogens with zero attached hydrogens (tertiary/aromatic N) is 1. The van der Waals surface area contributed by atoms with Gasteiger partial charge < -0.3 is 5.32 Å². The summed E-state index contributed by atoms with van der Waals surface area (Å²) in [7, 11) is 0.